The van der Waals surface area contributed by atoms with Crippen LogP contribution in [0.2, 0.25) is 0 Å². The van der Waals surface area contributed by atoms with E-state index in [2.05, 4.69) is 0 Å². The number of rotatable bonds is 11. The Labute approximate surface area is 98.9 Å². The molecule has 0 aliphatic carbocycles. The van der Waals surface area contributed by atoms with Crippen LogP contribution in [0.25, 0.3) is 0 Å². The molecular weight excluding hydrogens is 208 g/mol. The van der Waals surface area contributed by atoms with Gasteiger partial charge in [0.2, 0.25) is 0 Å². The molecule has 0 fully saturated rings. The van der Waals surface area contributed by atoms with Gasteiger partial charge in [0.05, 0.1) is 0 Å². The van der Waals surface area contributed by atoms with E-state index in [1.807, 2.05) is 6.08 Å². The maximum absolute atomic E-state index is 9.97. The molecule has 0 spiro atoms. The second-order valence-corrected chi connectivity index (χ2v) is 4.25. The van der Waals surface area contributed by atoms with E-state index in [0.29, 0.717) is 0 Å². The number of unbranched alkanes of at least 4 members (excludes halogenated alkanes) is 8. The lowest BCUT2D eigenvalue weighted by Gasteiger charge is -2.00. The molecule has 0 saturated carbocycles. The molecule has 0 saturated heterocycles. The predicted molar refractivity (Wildman–Crippen MR) is 67.5 cm³/mol. The zero-order valence-corrected chi connectivity index (χ0v) is 10.3. The minimum atomic E-state index is 0.809. The molecule has 88 valence electrons. The highest BCUT2D eigenvalue weighted by Crippen LogP contribution is 2.10. The van der Waals surface area contributed by atoms with Gasteiger partial charge in [0.1, 0.15) is 6.29 Å². The molecule has 0 aromatic carbocycles. The van der Waals surface area contributed by atoms with Crippen molar-refractivity contribution in [2.24, 2.45) is 0 Å². The summed E-state index contributed by atoms with van der Waals surface area (Å²) in [6.45, 7) is 0. The first-order chi connectivity index (χ1) is 7.41. The van der Waals surface area contributed by atoms with Crippen molar-refractivity contribution < 1.29 is 4.79 Å². The molecule has 1 nitrogen and oxygen atoms in total. The first kappa shape index (κ1) is 14.7. The van der Waals surface area contributed by atoms with Crippen molar-refractivity contribution >= 4 is 17.9 Å². The summed E-state index contributed by atoms with van der Waals surface area (Å²) in [4.78, 5) is 9.97. The Bertz CT molecular complexity index is 155. The summed E-state index contributed by atoms with van der Waals surface area (Å²) < 4.78 is 0. The Kier molecular flexibility index (Phi) is 13.4. The van der Waals surface area contributed by atoms with Crippen LogP contribution < -0.4 is 0 Å². The average molecular weight is 231 g/mol. The van der Waals surface area contributed by atoms with Crippen molar-refractivity contribution in [1.82, 2.24) is 0 Å². The van der Waals surface area contributed by atoms with Crippen molar-refractivity contribution in [3.8, 4) is 0 Å². The average Bonchev–Trinajstić information content (AvgIpc) is 2.26. The molecule has 0 amide bonds. The number of alkyl halides is 1. The molecule has 0 heterocycles. The summed E-state index contributed by atoms with van der Waals surface area (Å²) in [7, 11) is 0. The monoisotopic (exact) mass is 230 g/mol. The Morgan fingerprint density at radius 1 is 0.800 bits per heavy atom. The van der Waals surface area contributed by atoms with E-state index >= 15 is 0 Å². The molecule has 0 aromatic heterocycles. The van der Waals surface area contributed by atoms with E-state index in [1.54, 1.807) is 6.08 Å². The van der Waals surface area contributed by atoms with E-state index in [1.165, 1.54) is 44.9 Å². The maximum atomic E-state index is 9.97. The molecule has 0 aliphatic heterocycles. The van der Waals surface area contributed by atoms with Crippen LogP contribution in [0.15, 0.2) is 12.2 Å². The molecule has 15 heavy (non-hydrogen) atoms. The molecular formula is C13H23ClO. The zero-order chi connectivity index (χ0) is 11.2. The second-order valence-electron chi connectivity index (χ2n) is 3.87. The first-order valence-electron chi connectivity index (χ1n) is 6.08. The fraction of sp³-hybridized carbons (Fsp3) is 0.769. The fourth-order valence-corrected chi connectivity index (χ4v) is 1.76. The predicted octanol–water partition coefficient (Wildman–Crippen LogP) is 4.49. The van der Waals surface area contributed by atoms with E-state index in [4.69, 9.17) is 11.6 Å². The number of halogens is 1. The molecule has 2 heteroatoms. The van der Waals surface area contributed by atoms with Gasteiger partial charge in [-0.1, -0.05) is 44.6 Å². The summed E-state index contributed by atoms with van der Waals surface area (Å²) in [5, 5.41) is 0. The van der Waals surface area contributed by atoms with E-state index < -0.39 is 0 Å². The van der Waals surface area contributed by atoms with Gasteiger partial charge in [0, 0.05) is 5.88 Å². The highest BCUT2D eigenvalue weighted by Gasteiger charge is 1.91. The Hall–Kier alpha value is -0.300. The van der Waals surface area contributed by atoms with Gasteiger partial charge in [-0.05, 0) is 25.3 Å². The van der Waals surface area contributed by atoms with Gasteiger partial charge < -0.3 is 0 Å². The Morgan fingerprint density at radius 2 is 1.33 bits per heavy atom. The van der Waals surface area contributed by atoms with Gasteiger partial charge in [0.15, 0.2) is 0 Å². The highest BCUT2D eigenvalue weighted by atomic mass is 35.5. The van der Waals surface area contributed by atoms with E-state index in [-0.39, 0.29) is 0 Å². The lowest BCUT2D eigenvalue weighted by atomic mass is 10.1. The Balaban J connectivity index is 2.92. The van der Waals surface area contributed by atoms with Crippen molar-refractivity contribution in [2.45, 2.75) is 57.8 Å². The standard InChI is InChI=1S/C13H23ClO/c14-12-10-8-6-4-2-1-3-5-7-9-11-13-15/h9,11,13H,1-8,10,12H2/b11-9+. The van der Waals surface area contributed by atoms with Gasteiger partial charge in [-0.25, -0.2) is 0 Å². The number of allylic oxidation sites excluding steroid dienone is 2. The summed E-state index contributed by atoms with van der Waals surface area (Å²) >= 11 is 5.59. The van der Waals surface area contributed by atoms with E-state index in [9.17, 15) is 4.79 Å². The third-order valence-electron chi connectivity index (χ3n) is 2.47. The summed E-state index contributed by atoms with van der Waals surface area (Å²) in [6, 6.07) is 0. The number of aldehydes is 1. The first-order valence-corrected chi connectivity index (χ1v) is 6.61. The van der Waals surface area contributed by atoms with Gasteiger partial charge in [-0.2, -0.15) is 0 Å². The number of hydrogen-bond donors (Lipinski definition) is 0. The van der Waals surface area contributed by atoms with Crippen LogP contribution in [-0.2, 0) is 4.79 Å². The third-order valence-corrected chi connectivity index (χ3v) is 2.74. The largest absolute Gasteiger partial charge is 0.299 e. The van der Waals surface area contributed by atoms with E-state index in [0.717, 1.165) is 25.0 Å². The van der Waals surface area contributed by atoms with Gasteiger partial charge >= 0.3 is 0 Å². The number of hydrogen-bond acceptors (Lipinski definition) is 1. The van der Waals surface area contributed by atoms with Crippen LogP contribution >= 0.6 is 11.6 Å². The van der Waals surface area contributed by atoms with Crippen LogP contribution in [0, 0.1) is 0 Å². The van der Waals surface area contributed by atoms with Crippen LogP contribution in [0.4, 0.5) is 0 Å². The molecule has 0 unspecified atom stereocenters. The molecule has 0 radical (unpaired) electrons. The topological polar surface area (TPSA) is 17.1 Å². The Morgan fingerprint density at radius 3 is 1.87 bits per heavy atom. The highest BCUT2D eigenvalue weighted by molar-refractivity contribution is 6.17. The molecule has 0 bridgehead atoms. The molecule has 0 rings (SSSR count). The molecule has 0 aromatic rings. The second kappa shape index (κ2) is 13.7. The minimum Gasteiger partial charge on any atom is -0.299 e. The quantitative estimate of drug-likeness (QED) is 0.221. The number of carbonyl (C=O) groups excluding carboxylic acids is 1. The molecule has 0 N–H and O–H groups in total. The normalized spacial score (nSPS) is 11.0. The van der Waals surface area contributed by atoms with Crippen LogP contribution in [0.1, 0.15) is 57.8 Å². The molecule has 0 atom stereocenters. The van der Waals surface area contributed by atoms with Gasteiger partial charge in [0.25, 0.3) is 0 Å². The molecule has 0 aliphatic rings. The van der Waals surface area contributed by atoms with Crippen LogP contribution in [0.3, 0.4) is 0 Å². The SMILES string of the molecule is O=C/C=C/CCCCCCCCCCCl. The number of carbonyl (C=O) groups is 1. The van der Waals surface area contributed by atoms with Crippen molar-refractivity contribution in [2.75, 3.05) is 5.88 Å². The summed E-state index contributed by atoms with van der Waals surface area (Å²) in [5.41, 5.74) is 0. The lowest BCUT2D eigenvalue weighted by Crippen LogP contribution is -1.81. The third kappa shape index (κ3) is 13.7. The van der Waals surface area contributed by atoms with Crippen molar-refractivity contribution in [3.63, 3.8) is 0 Å². The lowest BCUT2D eigenvalue weighted by molar-refractivity contribution is -0.104. The minimum absolute atomic E-state index is 0.809. The summed E-state index contributed by atoms with van der Waals surface area (Å²) in [6.07, 6.45) is 15.7. The van der Waals surface area contributed by atoms with Gasteiger partial charge in [-0.3, -0.25) is 4.79 Å². The van der Waals surface area contributed by atoms with Crippen molar-refractivity contribution in [1.29, 1.82) is 0 Å². The van der Waals surface area contributed by atoms with Crippen LogP contribution in [0.5, 0.6) is 0 Å². The van der Waals surface area contributed by atoms with Crippen molar-refractivity contribution in [3.05, 3.63) is 12.2 Å². The fourth-order valence-electron chi connectivity index (χ4n) is 1.57. The zero-order valence-electron chi connectivity index (χ0n) is 9.59. The summed E-state index contributed by atoms with van der Waals surface area (Å²) in [5.74, 6) is 0.809. The smallest absolute Gasteiger partial charge is 0.142 e. The van der Waals surface area contributed by atoms with Crippen LogP contribution in [-0.4, -0.2) is 12.2 Å². The van der Waals surface area contributed by atoms with Gasteiger partial charge in [-0.15, -0.1) is 11.6 Å². The maximum Gasteiger partial charge on any atom is 0.142 e.